The Balaban J connectivity index is 1.60. The van der Waals surface area contributed by atoms with E-state index < -0.39 is 6.04 Å². The quantitative estimate of drug-likeness (QED) is 0.251. The Hall–Kier alpha value is -4.93. The Bertz CT molecular complexity index is 1590. The van der Waals surface area contributed by atoms with E-state index in [1.807, 2.05) is 12.1 Å². The van der Waals surface area contributed by atoms with E-state index in [9.17, 15) is 14.4 Å². The molecule has 1 aliphatic carbocycles. The van der Waals surface area contributed by atoms with Gasteiger partial charge in [-0.2, -0.15) is 0 Å². The minimum Gasteiger partial charge on any atom is -0.497 e. The van der Waals surface area contributed by atoms with Crippen molar-refractivity contribution >= 4 is 23.2 Å². The fourth-order valence-electron chi connectivity index (χ4n) is 5.45. The zero-order chi connectivity index (χ0) is 31.8. The molecule has 0 radical (unpaired) electrons. The number of anilines is 2. The molecular weight excluding hydrogens is 566 g/mol. The van der Waals surface area contributed by atoms with Crippen LogP contribution in [0.3, 0.4) is 0 Å². The molecule has 4 rings (SSSR count). The molecule has 0 aliphatic heterocycles. The highest BCUT2D eigenvalue weighted by atomic mass is 16.5. The lowest BCUT2D eigenvalue weighted by molar-refractivity contribution is -0.119. The number of rotatable bonds is 12. The van der Waals surface area contributed by atoms with Gasteiger partial charge in [-0.05, 0) is 66.3 Å². The first-order valence-corrected chi connectivity index (χ1v) is 14.3. The van der Waals surface area contributed by atoms with Gasteiger partial charge in [0.25, 0.3) is 0 Å². The molecule has 0 heterocycles. The largest absolute Gasteiger partial charge is 0.497 e. The average molecular weight is 606 g/mol. The summed E-state index contributed by atoms with van der Waals surface area (Å²) in [6, 6.07) is 11.8. The van der Waals surface area contributed by atoms with Crippen LogP contribution in [0.4, 0.5) is 11.4 Å². The van der Waals surface area contributed by atoms with Gasteiger partial charge in [0, 0.05) is 31.5 Å². The van der Waals surface area contributed by atoms with Gasteiger partial charge in [-0.3, -0.25) is 14.4 Å². The van der Waals surface area contributed by atoms with Gasteiger partial charge in [0.15, 0.2) is 11.5 Å². The van der Waals surface area contributed by atoms with Crippen molar-refractivity contribution in [3.8, 4) is 39.9 Å². The number of carbonyl (C=O) groups excluding carboxylic acids is 2. The summed E-state index contributed by atoms with van der Waals surface area (Å²) < 4.78 is 27.6. The number of hydrogen-bond donors (Lipinski definition) is 3. The number of methoxy groups -OCH3 is 5. The monoisotopic (exact) mass is 605 g/mol. The molecule has 1 atom stereocenters. The second-order valence-corrected chi connectivity index (χ2v) is 10.2. The SMILES string of the molecule is COc1ccc(OC)c(NC(=O)CCCNc2ccc3c(cc2=O)[C@@H](NC(C)=O)CCc2cc(OC)c(OC)c(OC)c2-3)c1. The van der Waals surface area contributed by atoms with E-state index in [1.165, 1.54) is 14.0 Å². The van der Waals surface area contributed by atoms with Gasteiger partial charge in [0.1, 0.15) is 11.5 Å². The van der Waals surface area contributed by atoms with Crippen LogP contribution in [-0.2, 0) is 16.0 Å². The molecule has 234 valence electrons. The van der Waals surface area contributed by atoms with Crippen molar-refractivity contribution in [1.29, 1.82) is 0 Å². The topological polar surface area (TPSA) is 133 Å². The number of carbonyl (C=O) groups is 2. The molecule has 11 heteroatoms. The van der Waals surface area contributed by atoms with Gasteiger partial charge in [-0.25, -0.2) is 0 Å². The van der Waals surface area contributed by atoms with Gasteiger partial charge in [-0.1, -0.05) is 6.07 Å². The van der Waals surface area contributed by atoms with Crippen molar-refractivity contribution in [3.05, 3.63) is 63.8 Å². The molecule has 3 aromatic carbocycles. The number of ether oxygens (including phenoxy) is 5. The van der Waals surface area contributed by atoms with Crippen LogP contribution in [0.5, 0.6) is 28.7 Å². The lowest BCUT2D eigenvalue weighted by atomic mass is 9.95. The molecule has 3 aromatic rings. The summed E-state index contributed by atoms with van der Waals surface area (Å²) in [4.78, 5) is 38.3. The Morgan fingerprint density at radius 2 is 1.59 bits per heavy atom. The minimum atomic E-state index is -0.401. The molecule has 0 aromatic heterocycles. The molecule has 0 fully saturated rings. The molecule has 0 spiro atoms. The van der Waals surface area contributed by atoms with E-state index in [2.05, 4.69) is 16.0 Å². The maximum atomic E-state index is 13.5. The predicted octanol–water partition coefficient (Wildman–Crippen LogP) is 4.71. The van der Waals surface area contributed by atoms with Crippen LogP contribution in [0.25, 0.3) is 11.1 Å². The van der Waals surface area contributed by atoms with Crippen molar-refractivity contribution in [2.45, 2.75) is 38.6 Å². The third kappa shape index (κ3) is 6.99. The summed E-state index contributed by atoms with van der Waals surface area (Å²) in [6.45, 7) is 1.84. The first kappa shape index (κ1) is 32.0. The van der Waals surface area contributed by atoms with Crippen LogP contribution in [0.15, 0.2) is 47.3 Å². The van der Waals surface area contributed by atoms with Crippen molar-refractivity contribution in [1.82, 2.24) is 5.32 Å². The molecule has 1 aliphatic rings. The summed E-state index contributed by atoms with van der Waals surface area (Å²) >= 11 is 0. The van der Waals surface area contributed by atoms with Crippen LogP contribution in [0.1, 0.15) is 43.4 Å². The van der Waals surface area contributed by atoms with E-state index in [0.717, 1.165) is 16.7 Å². The molecule has 0 saturated heterocycles. The molecule has 0 unspecified atom stereocenters. The number of benzene rings is 2. The smallest absolute Gasteiger partial charge is 0.224 e. The van der Waals surface area contributed by atoms with Gasteiger partial charge in [-0.15, -0.1) is 0 Å². The molecule has 44 heavy (non-hydrogen) atoms. The Morgan fingerprint density at radius 1 is 0.841 bits per heavy atom. The summed E-state index contributed by atoms with van der Waals surface area (Å²) in [5.74, 6) is 2.18. The first-order valence-electron chi connectivity index (χ1n) is 14.3. The van der Waals surface area contributed by atoms with E-state index in [-0.39, 0.29) is 23.7 Å². The number of fused-ring (bicyclic) bond motifs is 3. The Kier molecular flexibility index (Phi) is 10.5. The maximum Gasteiger partial charge on any atom is 0.224 e. The van der Waals surface area contributed by atoms with E-state index in [4.69, 9.17) is 23.7 Å². The highest BCUT2D eigenvalue weighted by Crippen LogP contribution is 2.50. The van der Waals surface area contributed by atoms with Gasteiger partial charge >= 0.3 is 0 Å². The average Bonchev–Trinajstić information content (AvgIpc) is 3.26. The van der Waals surface area contributed by atoms with E-state index in [1.54, 1.807) is 58.8 Å². The highest BCUT2D eigenvalue weighted by molar-refractivity contribution is 5.92. The maximum absolute atomic E-state index is 13.5. The predicted molar refractivity (Wildman–Crippen MR) is 169 cm³/mol. The van der Waals surface area contributed by atoms with Crippen LogP contribution in [0.2, 0.25) is 0 Å². The third-order valence-corrected chi connectivity index (χ3v) is 7.49. The molecule has 11 nitrogen and oxygen atoms in total. The number of hydrogen-bond acceptors (Lipinski definition) is 9. The fraction of sp³-hybridized carbons (Fsp3) is 0.364. The molecular formula is C33H39N3O8. The third-order valence-electron chi connectivity index (χ3n) is 7.49. The Morgan fingerprint density at radius 3 is 2.25 bits per heavy atom. The summed E-state index contributed by atoms with van der Waals surface area (Å²) in [7, 11) is 7.74. The van der Waals surface area contributed by atoms with Crippen LogP contribution in [0, 0.1) is 0 Å². The standard InChI is InChI=1S/C33H39N3O8/c1-19(37)35-24-12-9-20-16-29(42-4)32(43-5)33(44-6)31(20)22-11-13-25(27(38)18-23(22)24)34-15-7-8-30(39)36-26-17-21(40-2)10-14-28(26)41-3/h10-11,13-14,16-18,24H,7-9,12,15H2,1-6H3,(H,34,38)(H,35,37)(H,36,39)/t24-/m0/s1. The normalized spacial score (nSPS) is 13.4. The van der Waals surface area contributed by atoms with Crippen molar-refractivity contribution in [3.63, 3.8) is 0 Å². The number of aryl methyl sites for hydroxylation is 1. The van der Waals surface area contributed by atoms with E-state index >= 15 is 0 Å². The summed E-state index contributed by atoms with van der Waals surface area (Å²) in [6.07, 6.45) is 1.86. The highest BCUT2D eigenvalue weighted by Gasteiger charge is 2.29. The van der Waals surface area contributed by atoms with Gasteiger partial charge < -0.3 is 39.6 Å². The fourth-order valence-corrected chi connectivity index (χ4v) is 5.45. The lowest BCUT2D eigenvalue weighted by Gasteiger charge is -2.19. The second-order valence-electron chi connectivity index (χ2n) is 10.2. The van der Waals surface area contributed by atoms with Crippen LogP contribution < -0.4 is 45.1 Å². The zero-order valence-corrected chi connectivity index (χ0v) is 25.9. The van der Waals surface area contributed by atoms with E-state index in [0.29, 0.717) is 71.5 Å². The van der Waals surface area contributed by atoms with Crippen LogP contribution >= 0.6 is 0 Å². The molecule has 3 N–H and O–H groups in total. The van der Waals surface area contributed by atoms with Crippen LogP contribution in [-0.4, -0.2) is 53.9 Å². The number of nitrogens with one attached hydrogen (secondary N) is 3. The molecule has 2 amide bonds. The summed E-state index contributed by atoms with van der Waals surface area (Å²) in [5, 5.41) is 9.04. The molecule has 0 bridgehead atoms. The van der Waals surface area contributed by atoms with Crippen molar-refractivity contribution in [2.75, 3.05) is 52.7 Å². The van der Waals surface area contributed by atoms with Crippen molar-refractivity contribution < 1.29 is 33.3 Å². The van der Waals surface area contributed by atoms with Crippen molar-refractivity contribution in [2.24, 2.45) is 0 Å². The lowest BCUT2D eigenvalue weighted by Crippen LogP contribution is -2.26. The van der Waals surface area contributed by atoms with Gasteiger partial charge in [0.05, 0.1) is 53.0 Å². The Labute approximate surface area is 256 Å². The zero-order valence-electron chi connectivity index (χ0n) is 25.9. The summed E-state index contributed by atoms with van der Waals surface area (Å²) in [5.41, 5.74) is 3.78. The van der Waals surface area contributed by atoms with Gasteiger partial charge in [0.2, 0.25) is 23.0 Å². The second kappa shape index (κ2) is 14.5. The molecule has 0 saturated carbocycles. The minimum absolute atomic E-state index is 0.197. The first-order chi connectivity index (χ1) is 21.2. The number of amides is 2.